The zero-order valence-electron chi connectivity index (χ0n) is 8.02. The third kappa shape index (κ3) is 2.92. The zero-order chi connectivity index (χ0) is 10.5. The molecule has 2 heterocycles. The fourth-order valence-electron chi connectivity index (χ4n) is 1.22. The highest BCUT2D eigenvalue weighted by Crippen LogP contribution is 2.12. The number of hydrogen-bond acceptors (Lipinski definition) is 3. The number of hydrogen-bond donors (Lipinski definition) is 1. The molecule has 2 aromatic rings. The van der Waals surface area contributed by atoms with Gasteiger partial charge in [0.15, 0.2) is 0 Å². The van der Waals surface area contributed by atoms with Crippen LogP contribution < -0.4 is 5.32 Å². The summed E-state index contributed by atoms with van der Waals surface area (Å²) in [4.78, 5) is 7.94. The average Bonchev–Trinajstić information content (AvgIpc) is 2.28. The van der Waals surface area contributed by atoms with Crippen LogP contribution in [0.3, 0.4) is 0 Å². The third-order valence-corrected chi connectivity index (χ3v) is 2.15. The molecule has 0 atom stereocenters. The maximum absolute atomic E-state index is 5.76. The molecule has 0 aliphatic carbocycles. The molecule has 2 aromatic heterocycles. The van der Waals surface area contributed by atoms with Gasteiger partial charge in [-0.05, 0) is 23.8 Å². The summed E-state index contributed by atoms with van der Waals surface area (Å²) in [6, 6.07) is 7.60. The lowest BCUT2D eigenvalue weighted by Crippen LogP contribution is -1.99. The standard InChI is InChI=1S/C11H10ClN3/c12-11-6-10(3-5-14-11)15-8-9-2-1-4-13-7-9/h1-7H,8H2,(H,14,15). The second-order valence-electron chi connectivity index (χ2n) is 3.08. The van der Waals surface area contributed by atoms with E-state index in [-0.39, 0.29) is 0 Å². The first kappa shape index (κ1) is 9.93. The summed E-state index contributed by atoms with van der Waals surface area (Å²) in [5.74, 6) is 0. The van der Waals surface area contributed by atoms with E-state index in [0.717, 1.165) is 17.8 Å². The van der Waals surface area contributed by atoms with Crippen LogP contribution in [-0.2, 0) is 6.54 Å². The summed E-state index contributed by atoms with van der Waals surface area (Å²) in [5.41, 5.74) is 2.09. The number of rotatable bonds is 3. The molecule has 0 aromatic carbocycles. The topological polar surface area (TPSA) is 37.8 Å². The van der Waals surface area contributed by atoms with Crippen molar-refractivity contribution in [2.75, 3.05) is 5.32 Å². The van der Waals surface area contributed by atoms with E-state index in [1.54, 1.807) is 18.5 Å². The van der Waals surface area contributed by atoms with Crippen LogP contribution in [0, 0.1) is 0 Å². The highest BCUT2D eigenvalue weighted by Gasteiger charge is 1.95. The number of anilines is 1. The van der Waals surface area contributed by atoms with E-state index in [2.05, 4.69) is 15.3 Å². The number of nitrogens with zero attached hydrogens (tertiary/aromatic N) is 2. The van der Waals surface area contributed by atoms with Crippen LogP contribution in [-0.4, -0.2) is 9.97 Å². The molecule has 0 aliphatic rings. The lowest BCUT2D eigenvalue weighted by atomic mass is 10.3. The van der Waals surface area contributed by atoms with Crippen LogP contribution in [0.15, 0.2) is 42.9 Å². The Kier molecular flexibility index (Phi) is 3.15. The van der Waals surface area contributed by atoms with Gasteiger partial charge in [-0.2, -0.15) is 0 Å². The van der Waals surface area contributed by atoms with Crippen LogP contribution in [0.5, 0.6) is 0 Å². The molecule has 4 heteroatoms. The molecule has 0 fully saturated rings. The smallest absolute Gasteiger partial charge is 0.131 e. The summed E-state index contributed by atoms with van der Waals surface area (Å²) in [5, 5.41) is 3.73. The molecule has 2 rings (SSSR count). The van der Waals surface area contributed by atoms with Gasteiger partial charge in [0.1, 0.15) is 5.15 Å². The van der Waals surface area contributed by atoms with Crippen LogP contribution in [0.2, 0.25) is 5.15 Å². The van der Waals surface area contributed by atoms with Gasteiger partial charge in [0.25, 0.3) is 0 Å². The van der Waals surface area contributed by atoms with E-state index in [4.69, 9.17) is 11.6 Å². The number of halogens is 1. The highest BCUT2D eigenvalue weighted by molar-refractivity contribution is 6.29. The van der Waals surface area contributed by atoms with Gasteiger partial charge in [0.05, 0.1) is 0 Å². The molecule has 15 heavy (non-hydrogen) atoms. The van der Waals surface area contributed by atoms with Gasteiger partial charge < -0.3 is 5.32 Å². The van der Waals surface area contributed by atoms with E-state index in [1.807, 2.05) is 24.4 Å². The van der Waals surface area contributed by atoms with Crippen molar-refractivity contribution < 1.29 is 0 Å². The second kappa shape index (κ2) is 4.75. The van der Waals surface area contributed by atoms with Crippen molar-refractivity contribution >= 4 is 17.3 Å². The van der Waals surface area contributed by atoms with Gasteiger partial charge >= 0.3 is 0 Å². The largest absolute Gasteiger partial charge is 0.381 e. The van der Waals surface area contributed by atoms with Gasteiger partial charge in [0, 0.05) is 30.8 Å². The Morgan fingerprint density at radius 1 is 1.27 bits per heavy atom. The Balaban J connectivity index is 1.99. The van der Waals surface area contributed by atoms with Gasteiger partial charge in [-0.3, -0.25) is 4.98 Å². The van der Waals surface area contributed by atoms with Crippen molar-refractivity contribution in [2.45, 2.75) is 6.54 Å². The minimum atomic E-state index is 0.492. The lowest BCUT2D eigenvalue weighted by molar-refractivity contribution is 1.11. The number of pyridine rings is 2. The minimum absolute atomic E-state index is 0.492. The minimum Gasteiger partial charge on any atom is -0.381 e. The van der Waals surface area contributed by atoms with Gasteiger partial charge in [-0.25, -0.2) is 4.98 Å². The third-order valence-electron chi connectivity index (χ3n) is 1.95. The Labute approximate surface area is 93.1 Å². The van der Waals surface area contributed by atoms with Crippen molar-refractivity contribution in [1.82, 2.24) is 9.97 Å². The Hall–Kier alpha value is -1.61. The van der Waals surface area contributed by atoms with Crippen LogP contribution >= 0.6 is 11.6 Å². The fraction of sp³-hybridized carbons (Fsp3) is 0.0909. The molecule has 0 radical (unpaired) electrons. The van der Waals surface area contributed by atoms with Crippen LogP contribution in [0.1, 0.15) is 5.56 Å². The fourth-order valence-corrected chi connectivity index (χ4v) is 1.39. The van der Waals surface area contributed by atoms with Crippen molar-refractivity contribution in [1.29, 1.82) is 0 Å². The first-order valence-electron chi connectivity index (χ1n) is 4.59. The van der Waals surface area contributed by atoms with E-state index in [9.17, 15) is 0 Å². The summed E-state index contributed by atoms with van der Waals surface area (Å²) in [7, 11) is 0. The molecule has 0 spiro atoms. The first-order chi connectivity index (χ1) is 7.34. The SMILES string of the molecule is Clc1cc(NCc2cccnc2)ccn1. The average molecular weight is 220 g/mol. The molecular formula is C11H10ClN3. The molecule has 1 N–H and O–H groups in total. The predicted octanol–water partition coefficient (Wildman–Crippen LogP) is 2.74. The quantitative estimate of drug-likeness (QED) is 0.807. The van der Waals surface area contributed by atoms with Gasteiger partial charge in [0.2, 0.25) is 0 Å². The highest BCUT2D eigenvalue weighted by atomic mass is 35.5. The Morgan fingerprint density at radius 2 is 2.20 bits per heavy atom. The van der Waals surface area contributed by atoms with Crippen LogP contribution in [0.4, 0.5) is 5.69 Å². The predicted molar refractivity (Wildman–Crippen MR) is 60.8 cm³/mol. The summed E-state index contributed by atoms with van der Waals surface area (Å²) < 4.78 is 0. The summed E-state index contributed by atoms with van der Waals surface area (Å²) in [6.07, 6.45) is 5.26. The zero-order valence-corrected chi connectivity index (χ0v) is 8.78. The molecule has 0 unspecified atom stereocenters. The van der Waals surface area contributed by atoms with Crippen LogP contribution in [0.25, 0.3) is 0 Å². The summed E-state index contributed by atoms with van der Waals surface area (Å²) in [6.45, 7) is 0.730. The molecule has 0 aliphatic heterocycles. The summed E-state index contributed by atoms with van der Waals surface area (Å²) >= 11 is 5.76. The number of aromatic nitrogens is 2. The molecule has 0 bridgehead atoms. The van der Waals surface area contributed by atoms with Gasteiger partial charge in [-0.15, -0.1) is 0 Å². The van der Waals surface area contributed by atoms with E-state index in [1.165, 1.54) is 0 Å². The normalized spacial score (nSPS) is 9.93. The maximum atomic E-state index is 5.76. The molecular weight excluding hydrogens is 210 g/mol. The molecule has 3 nitrogen and oxygen atoms in total. The molecule has 0 saturated carbocycles. The Morgan fingerprint density at radius 3 is 2.93 bits per heavy atom. The first-order valence-corrected chi connectivity index (χ1v) is 4.97. The molecule has 0 amide bonds. The van der Waals surface area contributed by atoms with Crippen molar-refractivity contribution in [3.63, 3.8) is 0 Å². The Bertz CT molecular complexity index is 431. The number of nitrogens with one attached hydrogen (secondary N) is 1. The van der Waals surface area contributed by atoms with Crippen molar-refractivity contribution in [3.05, 3.63) is 53.6 Å². The van der Waals surface area contributed by atoms with E-state index < -0.39 is 0 Å². The maximum Gasteiger partial charge on any atom is 0.131 e. The monoisotopic (exact) mass is 219 g/mol. The molecule has 0 saturated heterocycles. The van der Waals surface area contributed by atoms with E-state index >= 15 is 0 Å². The second-order valence-corrected chi connectivity index (χ2v) is 3.47. The lowest BCUT2D eigenvalue weighted by Gasteiger charge is -2.05. The van der Waals surface area contributed by atoms with E-state index in [0.29, 0.717) is 5.15 Å². The van der Waals surface area contributed by atoms with Crippen molar-refractivity contribution in [2.24, 2.45) is 0 Å². The van der Waals surface area contributed by atoms with Gasteiger partial charge in [-0.1, -0.05) is 17.7 Å². The van der Waals surface area contributed by atoms with Crippen molar-refractivity contribution in [3.8, 4) is 0 Å². The molecule has 76 valence electrons.